The van der Waals surface area contributed by atoms with Gasteiger partial charge < -0.3 is 10.4 Å². The summed E-state index contributed by atoms with van der Waals surface area (Å²) in [7, 11) is -4.99. The monoisotopic (exact) mass is 352 g/mol. The molecule has 128 valence electrons. The smallest absolute Gasteiger partial charge is 0.341 e. The van der Waals surface area contributed by atoms with Crippen molar-refractivity contribution in [1.82, 2.24) is 0 Å². The van der Waals surface area contributed by atoms with Gasteiger partial charge in [0, 0.05) is 6.07 Å². The number of alkyl halides is 2. The molecule has 0 bridgehead atoms. The predicted molar refractivity (Wildman–Crippen MR) is 76.2 cm³/mol. The highest BCUT2D eigenvalue weighted by atomic mass is 32.2. The number of rotatable bonds is 7. The van der Waals surface area contributed by atoms with E-state index in [4.69, 9.17) is 5.11 Å². The van der Waals surface area contributed by atoms with Crippen molar-refractivity contribution in [3.05, 3.63) is 28.3 Å². The van der Waals surface area contributed by atoms with E-state index in [-0.39, 0.29) is 5.69 Å². The minimum Gasteiger partial charge on any atom is -0.480 e. The summed E-state index contributed by atoms with van der Waals surface area (Å²) >= 11 is 0. The number of carboxylic acid groups (broad SMARTS) is 1. The number of carbonyl (C=O) groups is 1. The molecule has 23 heavy (non-hydrogen) atoms. The van der Waals surface area contributed by atoms with Crippen molar-refractivity contribution in [2.45, 2.75) is 30.5 Å². The predicted octanol–water partition coefficient (Wildman–Crippen LogP) is 2.11. The number of hydrogen-bond donors (Lipinski definition) is 2. The van der Waals surface area contributed by atoms with E-state index in [1.165, 1.54) is 0 Å². The number of nitrogens with one attached hydrogen (secondary N) is 1. The highest BCUT2D eigenvalue weighted by Crippen LogP contribution is 2.30. The lowest BCUT2D eigenvalue weighted by Gasteiger charge is -2.19. The van der Waals surface area contributed by atoms with Crippen molar-refractivity contribution >= 4 is 27.2 Å². The topological polar surface area (TPSA) is 127 Å². The Morgan fingerprint density at radius 3 is 2.30 bits per heavy atom. The molecule has 0 aliphatic heterocycles. The van der Waals surface area contributed by atoms with Gasteiger partial charge in [-0.15, -0.1) is 0 Å². The van der Waals surface area contributed by atoms with E-state index in [2.05, 4.69) is 5.32 Å². The summed E-state index contributed by atoms with van der Waals surface area (Å²) in [5, 5.41) is 22.5. The summed E-state index contributed by atoms with van der Waals surface area (Å²) in [6.45, 7) is 3.13. The third kappa shape index (κ3) is 4.12. The first-order valence-corrected chi connectivity index (χ1v) is 7.83. The van der Waals surface area contributed by atoms with Crippen LogP contribution < -0.4 is 5.32 Å². The summed E-state index contributed by atoms with van der Waals surface area (Å²) in [6.07, 6.45) is 0. The van der Waals surface area contributed by atoms with Crippen LogP contribution in [0, 0.1) is 16.0 Å². The lowest BCUT2D eigenvalue weighted by molar-refractivity contribution is -0.384. The molecule has 0 fully saturated rings. The van der Waals surface area contributed by atoms with E-state index in [0.717, 1.165) is 12.1 Å². The molecule has 1 aromatic rings. The number of nitro groups is 1. The first kappa shape index (κ1) is 18.7. The van der Waals surface area contributed by atoms with Crippen molar-refractivity contribution in [3.63, 3.8) is 0 Å². The average Bonchev–Trinajstić information content (AvgIpc) is 2.43. The Morgan fingerprint density at radius 2 is 1.91 bits per heavy atom. The van der Waals surface area contributed by atoms with Crippen LogP contribution in [0.2, 0.25) is 0 Å². The highest BCUT2D eigenvalue weighted by molar-refractivity contribution is 7.91. The standard InChI is InChI=1S/C12H14F2N2O6S/c1-6(2)10(11(17)18)15-8-4-3-7(5-9(8)16(19)20)23(21,22)12(13)14/h3-6,10,12,15H,1-2H3,(H,17,18)/t10-/m0/s1. The van der Waals surface area contributed by atoms with E-state index < -0.39 is 49.0 Å². The van der Waals surface area contributed by atoms with E-state index >= 15 is 0 Å². The van der Waals surface area contributed by atoms with Gasteiger partial charge in [-0.2, -0.15) is 8.78 Å². The number of anilines is 1. The van der Waals surface area contributed by atoms with E-state index in [1.54, 1.807) is 13.8 Å². The maximum absolute atomic E-state index is 12.5. The molecule has 0 aromatic heterocycles. The Bertz CT molecular complexity index is 720. The van der Waals surface area contributed by atoms with Crippen LogP contribution in [-0.2, 0) is 14.6 Å². The molecule has 0 heterocycles. The third-order valence-corrected chi connectivity index (χ3v) is 4.35. The van der Waals surface area contributed by atoms with Gasteiger partial charge in [-0.25, -0.2) is 13.2 Å². The van der Waals surface area contributed by atoms with Crippen LogP contribution in [0.4, 0.5) is 20.2 Å². The molecular formula is C12H14F2N2O6S. The van der Waals surface area contributed by atoms with Crippen molar-refractivity contribution in [2.24, 2.45) is 5.92 Å². The Labute approximate surface area is 130 Å². The van der Waals surface area contributed by atoms with Crippen LogP contribution in [0.25, 0.3) is 0 Å². The molecule has 1 atom stereocenters. The molecule has 0 amide bonds. The molecule has 0 radical (unpaired) electrons. The lowest BCUT2D eigenvalue weighted by Crippen LogP contribution is -2.34. The number of sulfone groups is 1. The van der Waals surface area contributed by atoms with Crippen molar-refractivity contribution < 1.29 is 32.0 Å². The van der Waals surface area contributed by atoms with Crippen LogP contribution >= 0.6 is 0 Å². The van der Waals surface area contributed by atoms with E-state index in [1.807, 2.05) is 0 Å². The van der Waals surface area contributed by atoms with Gasteiger partial charge in [0.15, 0.2) is 0 Å². The third-order valence-electron chi connectivity index (χ3n) is 2.97. The molecule has 0 spiro atoms. The van der Waals surface area contributed by atoms with Crippen LogP contribution in [0.5, 0.6) is 0 Å². The van der Waals surface area contributed by atoms with Gasteiger partial charge in [0.25, 0.3) is 5.69 Å². The fourth-order valence-corrected chi connectivity index (χ4v) is 2.48. The zero-order valence-corrected chi connectivity index (χ0v) is 12.9. The normalized spacial score (nSPS) is 13.1. The molecule has 1 aromatic carbocycles. The molecule has 11 heteroatoms. The van der Waals surface area contributed by atoms with Crippen molar-refractivity contribution in [2.75, 3.05) is 5.32 Å². The summed E-state index contributed by atoms with van der Waals surface area (Å²) < 4.78 is 47.7. The summed E-state index contributed by atoms with van der Waals surface area (Å²) in [4.78, 5) is 20.2. The maximum atomic E-state index is 12.5. The van der Waals surface area contributed by atoms with E-state index in [9.17, 15) is 32.1 Å². The molecular weight excluding hydrogens is 338 g/mol. The van der Waals surface area contributed by atoms with Crippen LogP contribution in [0.1, 0.15) is 13.8 Å². The van der Waals surface area contributed by atoms with Gasteiger partial charge in [0.1, 0.15) is 11.7 Å². The second-order valence-electron chi connectivity index (χ2n) is 4.95. The van der Waals surface area contributed by atoms with Gasteiger partial charge in [-0.3, -0.25) is 10.1 Å². The summed E-state index contributed by atoms with van der Waals surface area (Å²) in [6, 6.07) is 0.955. The lowest BCUT2D eigenvalue weighted by atomic mass is 10.0. The number of nitrogens with zero attached hydrogens (tertiary/aromatic N) is 1. The molecule has 0 saturated heterocycles. The van der Waals surface area contributed by atoms with E-state index in [0.29, 0.717) is 6.07 Å². The minimum absolute atomic E-state index is 0.274. The van der Waals surface area contributed by atoms with Gasteiger partial charge >= 0.3 is 11.7 Å². The van der Waals surface area contributed by atoms with Crippen molar-refractivity contribution in [3.8, 4) is 0 Å². The first-order valence-electron chi connectivity index (χ1n) is 6.28. The van der Waals surface area contributed by atoms with Crippen molar-refractivity contribution in [1.29, 1.82) is 0 Å². The minimum atomic E-state index is -4.99. The summed E-state index contributed by atoms with van der Waals surface area (Å²) in [5.41, 5.74) is -1.08. The fourth-order valence-electron chi connectivity index (χ4n) is 1.75. The Balaban J connectivity index is 3.36. The molecule has 1 rings (SSSR count). The molecule has 0 unspecified atom stereocenters. The SMILES string of the molecule is CC(C)[C@H](Nc1ccc(S(=O)(=O)C(F)F)cc1[N+](=O)[O-])C(=O)O. The largest absolute Gasteiger partial charge is 0.480 e. The van der Waals surface area contributed by atoms with Gasteiger partial charge in [-0.05, 0) is 18.1 Å². The number of nitro benzene ring substituents is 1. The number of carboxylic acids is 1. The quantitative estimate of drug-likeness (QED) is 0.568. The highest BCUT2D eigenvalue weighted by Gasteiger charge is 2.30. The van der Waals surface area contributed by atoms with Gasteiger partial charge in [0.2, 0.25) is 9.84 Å². The van der Waals surface area contributed by atoms with Crippen LogP contribution in [-0.4, -0.2) is 36.2 Å². The Hall–Kier alpha value is -2.30. The fraction of sp³-hybridized carbons (Fsp3) is 0.417. The molecule has 0 saturated carbocycles. The van der Waals surface area contributed by atoms with Crippen LogP contribution in [0.3, 0.4) is 0 Å². The Morgan fingerprint density at radius 1 is 1.35 bits per heavy atom. The van der Waals surface area contributed by atoms with Gasteiger partial charge in [0.05, 0.1) is 9.82 Å². The number of benzene rings is 1. The number of aliphatic carboxylic acids is 1. The molecule has 0 aliphatic carbocycles. The Kier molecular flexibility index (Phi) is 5.59. The summed E-state index contributed by atoms with van der Waals surface area (Å²) in [5.74, 6) is -5.42. The first-order chi connectivity index (χ1) is 10.5. The molecule has 0 aliphatic rings. The number of halogens is 2. The molecule has 2 N–H and O–H groups in total. The average molecular weight is 352 g/mol. The maximum Gasteiger partial charge on any atom is 0.341 e. The second kappa shape index (κ2) is 6.86. The van der Waals surface area contributed by atoms with Crippen LogP contribution in [0.15, 0.2) is 23.1 Å². The van der Waals surface area contributed by atoms with Gasteiger partial charge in [-0.1, -0.05) is 13.8 Å². The number of hydrogen-bond acceptors (Lipinski definition) is 6. The second-order valence-corrected chi connectivity index (χ2v) is 6.86. The zero-order chi connectivity index (χ0) is 17.9. The zero-order valence-electron chi connectivity index (χ0n) is 12.1. The molecule has 8 nitrogen and oxygen atoms in total.